The lowest BCUT2D eigenvalue weighted by atomic mass is 9.97. The Labute approximate surface area is 143 Å². The molecule has 0 spiro atoms. The summed E-state index contributed by atoms with van der Waals surface area (Å²) in [5.74, 6) is -0.876. The minimum absolute atomic E-state index is 0.352. The summed E-state index contributed by atoms with van der Waals surface area (Å²) in [6.45, 7) is 0.581. The van der Waals surface area contributed by atoms with Gasteiger partial charge in [0.25, 0.3) is 5.90 Å². The molecule has 0 saturated carbocycles. The van der Waals surface area contributed by atoms with Crippen LogP contribution in [0.3, 0.4) is 0 Å². The lowest BCUT2D eigenvalue weighted by molar-refractivity contribution is -0.126. The molecule has 1 aliphatic rings. The second-order valence-electron chi connectivity index (χ2n) is 5.30. The smallest absolute Gasteiger partial charge is 0.437 e. The SMILES string of the molecule is CC(=O)N[C@@H]1/C(=N\OC(=O)Nc2ccccc2)O[C@H](CO)[C@@H](O)[C@@H]1O. The molecule has 1 aliphatic heterocycles. The van der Waals surface area contributed by atoms with Crippen LogP contribution in [-0.2, 0) is 14.4 Å². The highest BCUT2D eigenvalue weighted by Gasteiger charge is 2.44. The molecule has 1 saturated heterocycles. The van der Waals surface area contributed by atoms with Crippen molar-refractivity contribution in [1.29, 1.82) is 0 Å². The summed E-state index contributed by atoms with van der Waals surface area (Å²) in [6, 6.07) is 7.22. The van der Waals surface area contributed by atoms with Crippen LogP contribution in [0.25, 0.3) is 0 Å². The summed E-state index contributed by atoms with van der Waals surface area (Å²) in [4.78, 5) is 27.7. The Balaban J connectivity index is 2.09. The Hall–Kier alpha value is -2.69. The van der Waals surface area contributed by atoms with Crippen LogP contribution in [0.15, 0.2) is 35.5 Å². The fourth-order valence-corrected chi connectivity index (χ4v) is 2.20. The highest BCUT2D eigenvalue weighted by atomic mass is 16.7. The number of para-hydroxylation sites is 1. The Morgan fingerprint density at radius 3 is 2.52 bits per heavy atom. The molecule has 1 fully saturated rings. The maximum atomic E-state index is 11.7. The number of nitrogens with zero attached hydrogens (tertiary/aromatic N) is 1. The number of ether oxygens (including phenoxy) is 1. The molecule has 4 atom stereocenters. The van der Waals surface area contributed by atoms with Gasteiger partial charge in [0.05, 0.1) is 6.61 Å². The zero-order valence-electron chi connectivity index (χ0n) is 13.3. The molecule has 1 heterocycles. The molecular formula is C15H19N3O7. The van der Waals surface area contributed by atoms with Crippen molar-refractivity contribution in [2.24, 2.45) is 5.16 Å². The first-order chi connectivity index (χ1) is 11.9. The van der Waals surface area contributed by atoms with E-state index in [2.05, 4.69) is 20.6 Å². The van der Waals surface area contributed by atoms with Gasteiger partial charge in [-0.2, -0.15) is 0 Å². The number of oxime groups is 1. The lowest BCUT2D eigenvalue weighted by Crippen LogP contribution is -2.62. The molecule has 0 bridgehead atoms. The Morgan fingerprint density at radius 1 is 1.24 bits per heavy atom. The predicted octanol–water partition coefficient (Wildman–Crippen LogP) is -0.834. The number of hydrogen-bond acceptors (Lipinski definition) is 8. The predicted molar refractivity (Wildman–Crippen MR) is 85.6 cm³/mol. The molecule has 2 amide bonds. The van der Waals surface area contributed by atoms with Crippen molar-refractivity contribution in [3.8, 4) is 0 Å². The second-order valence-corrected chi connectivity index (χ2v) is 5.30. The largest absolute Gasteiger partial charge is 0.468 e. The van der Waals surface area contributed by atoms with Crippen molar-refractivity contribution >= 4 is 23.6 Å². The lowest BCUT2D eigenvalue weighted by Gasteiger charge is -2.37. The highest BCUT2D eigenvalue weighted by Crippen LogP contribution is 2.18. The highest BCUT2D eigenvalue weighted by molar-refractivity contribution is 5.89. The first-order valence-electron chi connectivity index (χ1n) is 7.44. The molecular weight excluding hydrogens is 334 g/mol. The van der Waals surface area contributed by atoms with Gasteiger partial charge >= 0.3 is 6.09 Å². The van der Waals surface area contributed by atoms with E-state index in [1.54, 1.807) is 30.3 Å². The van der Waals surface area contributed by atoms with Crippen molar-refractivity contribution in [2.45, 2.75) is 31.3 Å². The third-order valence-electron chi connectivity index (χ3n) is 3.39. The van der Waals surface area contributed by atoms with Crippen LogP contribution in [0, 0.1) is 0 Å². The van der Waals surface area contributed by atoms with Crippen molar-refractivity contribution < 1.29 is 34.5 Å². The Morgan fingerprint density at radius 2 is 1.92 bits per heavy atom. The summed E-state index contributed by atoms with van der Waals surface area (Å²) in [6.07, 6.45) is -5.07. The normalized spacial score (nSPS) is 27.3. The van der Waals surface area contributed by atoms with Crippen LogP contribution in [0.2, 0.25) is 0 Å². The second kappa shape index (κ2) is 8.42. The van der Waals surface area contributed by atoms with E-state index in [9.17, 15) is 24.9 Å². The van der Waals surface area contributed by atoms with Gasteiger partial charge in [0.1, 0.15) is 18.2 Å². The Kier molecular flexibility index (Phi) is 6.28. The van der Waals surface area contributed by atoms with Crippen LogP contribution in [0.1, 0.15) is 6.92 Å². The molecule has 1 aromatic carbocycles. The number of benzene rings is 1. The standard InChI is InChI=1S/C15H19N3O7/c1-8(20)16-11-13(22)12(21)10(7-19)24-14(11)18-25-15(23)17-9-5-3-2-4-6-9/h2-6,10-13,19,21-22H,7H2,1H3,(H,16,20)(H,17,23)/b18-14+/t10-,11+,12-,13-/m1/s1. The monoisotopic (exact) mass is 353 g/mol. The Bertz CT molecular complexity index is 637. The van der Waals surface area contributed by atoms with Crippen molar-refractivity contribution in [1.82, 2.24) is 5.32 Å². The zero-order valence-corrected chi connectivity index (χ0v) is 13.3. The van der Waals surface area contributed by atoms with Crippen LogP contribution >= 0.6 is 0 Å². The fourth-order valence-electron chi connectivity index (χ4n) is 2.20. The van der Waals surface area contributed by atoms with Gasteiger partial charge in [0.15, 0.2) is 6.10 Å². The number of nitrogens with one attached hydrogen (secondary N) is 2. The van der Waals surface area contributed by atoms with Crippen molar-refractivity contribution in [3.63, 3.8) is 0 Å². The van der Waals surface area contributed by atoms with Crippen molar-refractivity contribution in [3.05, 3.63) is 30.3 Å². The van der Waals surface area contributed by atoms with Gasteiger partial charge in [-0.25, -0.2) is 4.79 Å². The number of hydrogen-bond donors (Lipinski definition) is 5. The summed E-state index contributed by atoms with van der Waals surface area (Å²) >= 11 is 0. The van der Waals surface area contributed by atoms with Crippen molar-refractivity contribution in [2.75, 3.05) is 11.9 Å². The van der Waals surface area contributed by atoms with Gasteiger partial charge in [-0.05, 0) is 17.3 Å². The maximum absolute atomic E-state index is 11.7. The van der Waals surface area contributed by atoms with E-state index in [1.165, 1.54) is 6.92 Å². The van der Waals surface area contributed by atoms with E-state index in [0.717, 1.165) is 0 Å². The summed E-state index contributed by atoms with van der Waals surface area (Å²) in [7, 11) is 0. The topological polar surface area (TPSA) is 150 Å². The average Bonchev–Trinajstić information content (AvgIpc) is 2.59. The van der Waals surface area contributed by atoms with Gasteiger partial charge in [-0.1, -0.05) is 18.2 Å². The van der Waals surface area contributed by atoms with E-state index < -0.39 is 43.0 Å². The maximum Gasteiger partial charge on any atom is 0.437 e. The quantitative estimate of drug-likeness (QED) is 0.350. The molecule has 0 aliphatic carbocycles. The number of anilines is 1. The number of rotatable bonds is 4. The zero-order chi connectivity index (χ0) is 18.4. The molecule has 10 nitrogen and oxygen atoms in total. The molecule has 2 rings (SSSR count). The van der Waals surface area contributed by atoms with Crippen LogP contribution in [0.4, 0.5) is 10.5 Å². The molecule has 1 aromatic rings. The van der Waals surface area contributed by atoms with E-state index in [4.69, 9.17) is 4.74 Å². The van der Waals surface area contributed by atoms with E-state index in [0.29, 0.717) is 5.69 Å². The molecule has 25 heavy (non-hydrogen) atoms. The summed E-state index contributed by atoms with van der Waals surface area (Å²) < 4.78 is 5.20. The van der Waals surface area contributed by atoms with Gasteiger partial charge in [-0.15, -0.1) is 0 Å². The average molecular weight is 353 g/mol. The third kappa shape index (κ3) is 4.89. The molecule has 0 unspecified atom stereocenters. The van der Waals surface area contributed by atoms with Crippen LogP contribution in [-0.4, -0.2) is 64.2 Å². The minimum Gasteiger partial charge on any atom is -0.468 e. The first kappa shape index (κ1) is 18.6. The van der Waals surface area contributed by atoms with Gasteiger partial charge in [-0.3, -0.25) is 14.9 Å². The third-order valence-corrected chi connectivity index (χ3v) is 3.39. The molecule has 5 N–H and O–H groups in total. The molecule has 10 heteroatoms. The minimum atomic E-state index is -1.51. The van der Waals surface area contributed by atoms with Crippen LogP contribution < -0.4 is 10.6 Å². The van der Waals surface area contributed by atoms with Gasteiger partial charge < -0.3 is 25.4 Å². The first-order valence-corrected chi connectivity index (χ1v) is 7.44. The molecule has 0 radical (unpaired) electrons. The fraction of sp³-hybridized carbons (Fsp3) is 0.400. The van der Waals surface area contributed by atoms with E-state index in [1.807, 2.05) is 0 Å². The van der Waals surface area contributed by atoms with Crippen LogP contribution in [0.5, 0.6) is 0 Å². The number of aliphatic hydroxyl groups excluding tert-OH is 3. The van der Waals surface area contributed by atoms with Gasteiger partial charge in [0, 0.05) is 12.6 Å². The van der Waals surface area contributed by atoms with Gasteiger partial charge in [0.2, 0.25) is 5.91 Å². The number of amides is 2. The number of aliphatic hydroxyl groups is 3. The number of carbonyl (C=O) groups excluding carboxylic acids is 2. The van der Waals surface area contributed by atoms with E-state index in [-0.39, 0.29) is 5.90 Å². The molecule has 136 valence electrons. The molecule has 0 aromatic heterocycles. The number of carbonyl (C=O) groups is 2. The summed E-state index contributed by atoms with van der Waals surface area (Å²) in [5, 5.41) is 37.3. The summed E-state index contributed by atoms with van der Waals surface area (Å²) in [5.41, 5.74) is 0.472. The van der Waals surface area contributed by atoms with E-state index >= 15 is 0 Å².